The fraction of sp³-hybridized carbons (Fsp3) is 0.357. The average molecular weight is 291 g/mol. The molecule has 0 saturated carbocycles. The van der Waals surface area contributed by atoms with Crippen LogP contribution in [0.3, 0.4) is 0 Å². The number of carbonyl (C=O) groups excluding carboxylic acids is 2. The van der Waals surface area contributed by atoms with Crippen molar-refractivity contribution >= 4 is 23.6 Å². The Kier molecular flexibility index (Phi) is 4.42. The van der Waals surface area contributed by atoms with E-state index < -0.39 is 17.9 Å². The maximum atomic E-state index is 11.4. The molecule has 1 aliphatic heterocycles. The lowest BCUT2D eigenvalue weighted by Gasteiger charge is -2.31. The van der Waals surface area contributed by atoms with Gasteiger partial charge in [0, 0.05) is 25.2 Å². The monoisotopic (exact) mass is 291 g/mol. The molecule has 7 heteroatoms. The molecule has 0 bridgehead atoms. The highest BCUT2D eigenvalue weighted by atomic mass is 16.4. The van der Waals surface area contributed by atoms with Crippen molar-refractivity contribution in [2.75, 3.05) is 18.0 Å². The van der Waals surface area contributed by atoms with Crippen LogP contribution in [0.4, 0.5) is 10.5 Å². The predicted molar refractivity (Wildman–Crippen MR) is 76.3 cm³/mol. The highest BCUT2D eigenvalue weighted by Crippen LogP contribution is 2.28. The number of nitrogens with one attached hydrogen (secondary N) is 1. The molecule has 4 N–H and O–H groups in total. The summed E-state index contributed by atoms with van der Waals surface area (Å²) < 4.78 is 0. The molecule has 2 rings (SSSR count). The lowest BCUT2D eigenvalue weighted by atomic mass is 9.99. The number of primary amides is 1. The van der Waals surface area contributed by atoms with E-state index in [1.165, 1.54) is 0 Å². The van der Waals surface area contributed by atoms with Crippen molar-refractivity contribution in [2.45, 2.75) is 19.3 Å². The number of aryl methyl sites for hydroxylation is 1. The number of benzene rings is 1. The zero-order valence-corrected chi connectivity index (χ0v) is 11.5. The van der Waals surface area contributed by atoms with Gasteiger partial charge in [-0.15, -0.1) is 0 Å². The molecule has 0 radical (unpaired) electrons. The van der Waals surface area contributed by atoms with Crippen LogP contribution in [0.2, 0.25) is 0 Å². The Morgan fingerprint density at radius 3 is 2.76 bits per heavy atom. The summed E-state index contributed by atoms with van der Waals surface area (Å²) in [5.74, 6) is -1.37. The van der Waals surface area contributed by atoms with Crippen LogP contribution in [-0.2, 0) is 11.2 Å². The zero-order chi connectivity index (χ0) is 15.4. The highest BCUT2D eigenvalue weighted by Gasteiger charge is 2.19. The minimum Gasteiger partial charge on any atom is -0.478 e. The van der Waals surface area contributed by atoms with E-state index in [9.17, 15) is 14.4 Å². The van der Waals surface area contributed by atoms with Crippen molar-refractivity contribution in [1.29, 1.82) is 0 Å². The third-order valence-corrected chi connectivity index (χ3v) is 3.41. The molecular weight excluding hydrogens is 274 g/mol. The molecule has 0 aliphatic carbocycles. The van der Waals surface area contributed by atoms with Crippen LogP contribution >= 0.6 is 0 Å². The van der Waals surface area contributed by atoms with Gasteiger partial charge in [-0.2, -0.15) is 0 Å². The number of imide groups is 1. The van der Waals surface area contributed by atoms with E-state index in [4.69, 9.17) is 10.8 Å². The van der Waals surface area contributed by atoms with Gasteiger partial charge in [-0.05, 0) is 36.6 Å². The van der Waals surface area contributed by atoms with Crippen molar-refractivity contribution in [3.63, 3.8) is 0 Å². The van der Waals surface area contributed by atoms with Crippen LogP contribution in [0.5, 0.6) is 0 Å². The number of nitrogens with two attached hydrogens (primary N) is 1. The molecule has 0 saturated heterocycles. The SMILES string of the molecule is NC(=O)NC(=O)CCN1CCCc2cc(C(=O)O)ccc21. The number of fused-ring (bicyclic) bond motifs is 1. The Balaban J connectivity index is 2.06. The number of anilines is 1. The van der Waals surface area contributed by atoms with Gasteiger partial charge in [0.1, 0.15) is 0 Å². The van der Waals surface area contributed by atoms with Gasteiger partial charge in [0.05, 0.1) is 5.56 Å². The Morgan fingerprint density at radius 2 is 2.10 bits per heavy atom. The zero-order valence-electron chi connectivity index (χ0n) is 11.5. The Hall–Kier alpha value is -2.57. The molecule has 1 heterocycles. The second-order valence-electron chi connectivity index (χ2n) is 4.90. The Labute approximate surface area is 121 Å². The number of nitrogens with zero attached hydrogens (tertiary/aromatic N) is 1. The minimum absolute atomic E-state index is 0.156. The van der Waals surface area contributed by atoms with Crippen LogP contribution in [0.25, 0.3) is 0 Å². The van der Waals surface area contributed by atoms with Gasteiger partial charge in [0.25, 0.3) is 0 Å². The number of hydrogen-bond acceptors (Lipinski definition) is 4. The standard InChI is InChI=1S/C14H17N3O4/c15-14(21)16-12(18)5-7-17-6-1-2-9-8-10(13(19)20)3-4-11(9)17/h3-4,8H,1-2,5-7H2,(H,19,20)(H3,15,16,18,21). The molecule has 112 valence electrons. The lowest BCUT2D eigenvalue weighted by Crippen LogP contribution is -2.38. The molecule has 1 aromatic carbocycles. The molecule has 0 unspecified atom stereocenters. The van der Waals surface area contributed by atoms with Crippen LogP contribution in [0.15, 0.2) is 18.2 Å². The number of amides is 3. The van der Waals surface area contributed by atoms with Crippen LogP contribution in [-0.4, -0.2) is 36.1 Å². The quantitative estimate of drug-likeness (QED) is 0.756. The number of carboxylic acid groups (broad SMARTS) is 1. The van der Waals surface area contributed by atoms with E-state index in [0.29, 0.717) is 6.54 Å². The summed E-state index contributed by atoms with van der Waals surface area (Å²) in [6, 6.07) is 4.14. The molecule has 0 spiro atoms. The molecular formula is C14H17N3O4. The fourth-order valence-corrected chi connectivity index (χ4v) is 2.48. The normalized spacial score (nSPS) is 13.4. The van der Waals surface area contributed by atoms with Crippen LogP contribution in [0.1, 0.15) is 28.8 Å². The molecule has 1 aromatic rings. The molecule has 1 aliphatic rings. The van der Waals surface area contributed by atoms with Crippen molar-refractivity contribution in [3.8, 4) is 0 Å². The first kappa shape index (κ1) is 14.8. The van der Waals surface area contributed by atoms with Gasteiger partial charge in [-0.25, -0.2) is 9.59 Å². The first-order valence-electron chi connectivity index (χ1n) is 6.68. The predicted octanol–water partition coefficient (Wildman–Crippen LogP) is 0.722. The number of rotatable bonds is 4. The molecule has 7 nitrogen and oxygen atoms in total. The van der Waals surface area contributed by atoms with E-state index >= 15 is 0 Å². The van der Waals surface area contributed by atoms with E-state index in [2.05, 4.69) is 0 Å². The highest BCUT2D eigenvalue weighted by molar-refractivity contribution is 5.93. The Morgan fingerprint density at radius 1 is 1.33 bits per heavy atom. The van der Waals surface area contributed by atoms with E-state index in [1.807, 2.05) is 10.2 Å². The number of carbonyl (C=O) groups is 3. The van der Waals surface area contributed by atoms with E-state index in [-0.39, 0.29) is 12.0 Å². The number of hydrogen-bond donors (Lipinski definition) is 3. The van der Waals surface area contributed by atoms with Crippen molar-refractivity contribution < 1.29 is 19.5 Å². The third kappa shape index (κ3) is 3.71. The fourth-order valence-electron chi connectivity index (χ4n) is 2.48. The van der Waals surface area contributed by atoms with Gasteiger partial charge in [0.15, 0.2) is 0 Å². The number of urea groups is 1. The number of carboxylic acids is 1. The maximum absolute atomic E-state index is 11.4. The molecule has 0 fully saturated rings. The average Bonchev–Trinajstić information content (AvgIpc) is 2.43. The van der Waals surface area contributed by atoms with Gasteiger partial charge in [-0.1, -0.05) is 0 Å². The maximum Gasteiger partial charge on any atom is 0.335 e. The van der Waals surface area contributed by atoms with Gasteiger partial charge in [0.2, 0.25) is 5.91 Å². The summed E-state index contributed by atoms with van der Waals surface area (Å²) in [6.45, 7) is 1.25. The number of aromatic carboxylic acids is 1. The van der Waals surface area contributed by atoms with Gasteiger partial charge >= 0.3 is 12.0 Å². The summed E-state index contributed by atoms with van der Waals surface area (Å²) in [6.07, 6.45) is 1.87. The smallest absolute Gasteiger partial charge is 0.335 e. The first-order valence-corrected chi connectivity index (χ1v) is 6.68. The van der Waals surface area contributed by atoms with Crippen molar-refractivity contribution in [3.05, 3.63) is 29.3 Å². The van der Waals surface area contributed by atoms with Crippen molar-refractivity contribution in [2.24, 2.45) is 5.73 Å². The molecule has 3 amide bonds. The lowest BCUT2D eigenvalue weighted by molar-refractivity contribution is -0.119. The molecule has 0 atom stereocenters. The Bertz CT molecular complexity index is 586. The van der Waals surface area contributed by atoms with Crippen molar-refractivity contribution in [1.82, 2.24) is 5.32 Å². The summed E-state index contributed by atoms with van der Waals surface area (Å²) in [7, 11) is 0. The summed E-state index contributed by atoms with van der Waals surface area (Å²) in [5, 5.41) is 11.0. The summed E-state index contributed by atoms with van der Waals surface area (Å²) in [5.41, 5.74) is 7.06. The molecule has 0 aromatic heterocycles. The second kappa shape index (κ2) is 6.25. The van der Waals surface area contributed by atoms with Crippen LogP contribution in [0, 0.1) is 0 Å². The largest absolute Gasteiger partial charge is 0.478 e. The minimum atomic E-state index is -0.948. The third-order valence-electron chi connectivity index (χ3n) is 3.41. The van der Waals surface area contributed by atoms with E-state index in [0.717, 1.165) is 30.6 Å². The summed E-state index contributed by atoms with van der Waals surface area (Å²) >= 11 is 0. The van der Waals surface area contributed by atoms with Crippen LogP contribution < -0.4 is 16.0 Å². The van der Waals surface area contributed by atoms with E-state index in [1.54, 1.807) is 18.2 Å². The van der Waals surface area contributed by atoms with Gasteiger partial charge in [-0.3, -0.25) is 10.1 Å². The molecule has 21 heavy (non-hydrogen) atoms. The second-order valence-corrected chi connectivity index (χ2v) is 4.90. The van der Waals surface area contributed by atoms with Gasteiger partial charge < -0.3 is 15.7 Å². The first-order chi connectivity index (χ1) is 9.97. The topological polar surface area (TPSA) is 113 Å². The summed E-state index contributed by atoms with van der Waals surface area (Å²) in [4.78, 5) is 35.0.